The smallest absolute Gasteiger partial charge is 0.269 e. The highest BCUT2D eigenvalue weighted by molar-refractivity contribution is 7.17. The highest BCUT2D eigenvalue weighted by Crippen LogP contribution is 2.61. The summed E-state index contributed by atoms with van der Waals surface area (Å²) in [6.45, 7) is 0. The Morgan fingerprint density at radius 3 is 2.48 bits per heavy atom. The van der Waals surface area contributed by atoms with Crippen LogP contribution >= 0.6 is 22.7 Å². The van der Waals surface area contributed by atoms with Gasteiger partial charge >= 0.3 is 0 Å². The lowest BCUT2D eigenvalue weighted by atomic mass is 9.50. The molecule has 3 aromatic rings. The molecule has 4 fully saturated rings. The number of carbonyl (C=O) groups excluding carboxylic acids is 1. The van der Waals surface area contributed by atoms with Crippen molar-refractivity contribution in [1.29, 1.82) is 0 Å². The highest BCUT2D eigenvalue weighted by Gasteiger charge is 2.53. The molecule has 0 saturated heterocycles. The summed E-state index contributed by atoms with van der Waals surface area (Å²) in [6, 6.07) is 3.81. The maximum Gasteiger partial charge on any atom is 0.269 e. The Labute approximate surface area is 176 Å². The molecule has 3 aromatic heterocycles. The summed E-state index contributed by atoms with van der Waals surface area (Å²) in [7, 11) is 0. The van der Waals surface area contributed by atoms with E-state index in [-0.39, 0.29) is 11.3 Å². The van der Waals surface area contributed by atoms with Crippen molar-refractivity contribution < 1.29 is 4.79 Å². The van der Waals surface area contributed by atoms with E-state index in [9.17, 15) is 4.79 Å². The van der Waals surface area contributed by atoms with Crippen molar-refractivity contribution in [2.24, 2.45) is 17.8 Å². The van der Waals surface area contributed by atoms with Crippen LogP contribution in [0.4, 0.5) is 5.13 Å². The Hall–Kier alpha value is -2.19. The van der Waals surface area contributed by atoms with E-state index in [1.807, 2.05) is 12.1 Å². The summed E-state index contributed by atoms with van der Waals surface area (Å²) < 4.78 is 0. The third-order valence-corrected chi connectivity index (χ3v) is 8.91. The SMILES string of the molecule is O=C(Nc1nnc(C23CC4CC(CC(C4)C2)C3)s1)c1cnc(-c2cccnc2)s1. The van der Waals surface area contributed by atoms with Crippen LogP contribution in [0.15, 0.2) is 30.7 Å². The van der Waals surface area contributed by atoms with Crippen molar-refractivity contribution in [3.8, 4) is 10.6 Å². The van der Waals surface area contributed by atoms with Crippen LogP contribution in [0, 0.1) is 17.8 Å². The van der Waals surface area contributed by atoms with E-state index in [0.29, 0.717) is 10.0 Å². The number of hydrogen-bond acceptors (Lipinski definition) is 7. The molecule has 0 spiro atoms. The zero-order valence-electron chi connectivity index (χ0n) is 15.9. The predicted molar refractivity (Wildman–Crippen MR) is 113 cm³/mol. The van der Waals surface area contributed by atoms with Gasteiger partial charge in [-0.05, 0) is 68.4 Å². The van der Waals surface area contributed by atoms with E-state index < -0.39 is 0 Å². The maximum absolute atomic E-state index is 12.7. The van der Waals surface area contributed by atoms with Gasteiger partial charge in [-0.15, -0.1) is 21.5 Å². The molecule has 0 radical (unpaired) electrons. The molecule has 4 bridgehead atoms. The second-order valence-corrected chi connectivity index (χ2v) is 10.8. The molecule has 4 saturated carbocycles. The second kappa shape index (κ2) is 6.67. The van der Waals surface area contributed by atoms with Gasteiger partial charge in [0.05, 0.1) is 6.20 Å². The monoisotopic (exact) mass is 423 g/mol. The minimum absolute atomic E-state index is 0.175. The molecular weight excluding hydrogens is 402 g/mol. The Kier molecular flexibility index (Phi) is 4.06. The second-order valence-electron chi connectivity index (χ2n) is 8.84. The van der Waals surface area contributed by atoms with Gasteiger partial charge in [-0.25, -0.2) is 4.98 Å². The van der Waals surface area contributed by atoms with Gasteiger partial charge in [0.1, 0.15) is 14.9 Å². The van der Waals surface area contributed by atoms with Gasteiger partial charge in [-0.2, -0.15) is 0 Å². The minimum Gasteiger partial charge on any atom is -0.296 e. The van der Waals surface area contributed by atoms with Gasteiger partial charge in [-0.1, -0.05) is 11.3 Å². The van der Waals surface area contributed by atoms with Crippen LogP contribution in [-0.4, -0.2) is 26.1 Å². The van der Waals surface area contributed by atoms with E-state index in [1.165, 1.54) is 49.9 Å². The zero-order valence-corrected chi connectivity index (χ0v) is 17.5. The lowest BCUT2D eigenvalue weighted by Crippen LogP contribution is -2.48. The molecule has 3 heterocycles. The summed E-state index contributed by atoms with van der Waals surface area (Å²) in [5.74, 6) is 2.43. The largest absolute Gasteiger partial charge is 0.296 e. The van der Waals surface area contributed by atoms with E-state index in [1.54, 1.807) is 29.9 Å². The number of rotatable bonds is 4. The van der Waals surface area contributed by atoms with Crippen LogP contribution in [0.3, 0.4) is 0 Å². The van der Waals surface area contributed by atoms with Crippen LogP contribution in [0.5, 0.6) is 0 Å². The number of nitrogens with one attached hydrogen (secondary N) is 1. The lowest BCUT2D eigenvalue weighted by Gasteiger charge is -2.55. The molecule has 0 unspecified atom stereocenters. The predicted octanol–water partition coefficient (Wildman–Crippen LogP) is 4.78. The first-order chi connectivity index (χ1) is 14.2. The van der Waals surface area contributed by atoms with Gasteiger partial charge in [0.25, 0.3) is 5.91 Å². The quantitative estimate of drug-likeness (QED) is 0.653. The van der Waals surface area contributed by atoms with Crippen molar-refractivity contribution in [1.82, 2.24) is 20.2 Å². The summed E-state index contributed by atoms with van der Waals surface area (Å²) in [6.07, 6.45) is 13.1. The Balaban J connectivity index is 1.19. The van der Waals surface area contributed by atoms with Crippen molar-refractivity contribution >= 4 is 33.7 Å². The Morgan fingerprint density at radius 2 is 1.79 bits per heavy atom. The number of amides is 1. The van der Waals surface area contributed by atoms with Gasteiger partial charge in [0.2, 0.25) is 5.13 Å². The Bertz CT molecular complexity index is 1020. The third-order valence-electron chi connectivity index (χ3n) is 6.78. The molecular formula is C21H21N5OS2. The maximum atomic E-state index is 12.7. The highest BCUT2D eigenvalue weighted by atomic mass is 32.1. The number of pyridine rings is 1. The summed E-state index contributed by atoms with van der Waals surface area (Å²) >= 11 is 2.93. The minimum atomic E-state index is -0.175. The van der Waals surface area contributed by atoms with Gasteiger partial charge in [0.15, 0.2) is 0 Å². The topological polar surface area (TPSA) is 80.7 Å². The normalized spacial score (nSPS) is 29.9. The molecule has 4 aliphatic rings. The zero-order chi connectivity index (χ0) is 19.4. The molecule has 7 rings (SSSR count). The first-order valence-corrected chi connectivity index (χ1v) is 11.8. The molecule has 6 nitrogen and oxygen atoms in total. The average molecular weight is 424 g/mol. The van der Waals surface area contributed by atoms with Crippen LogP contribution < -0.4 is 5.32 Å². The standard InChI is InChI=1S/C21H21N5OS2/c27-17(16-11-23-18(28-16)15-2-1-3-22-10-15)24-20-26-25-19(29-20)21-7-12-4-13(8-21)6-14(5-12)9-21/h1-3,10-14H,4-9H2,(H,24,26,27). The lowest BCUT2D eigenvalue weighted by molar-refractivity contribution is -0.00555. The molecule has 4 aliphatic carbocycles. The fraction of sp³-hybridized carbons (Fsp3) is 0.476. The van der Waals surface area contributed by atoms with Crippen molar-refractivity contribution in [3.63, 3.8) is 0 Å². The molecule has 0 aliphatic heterocycles. The van der Waals surface area contributed by atoms with E-state index >= 15 is 0 Å². The summed E-state index contributed by atoms with van der Waals surface area (Å²) in [4.78, 5) is 21.7. The molecule has 0 aromatic carbocycles. The Morgan fingerprint density at radius 1 is 1.03 bits per heavy atom. The van der Waals surface area contributed by atoms with Crippen LogP contribution in [0.2, 0.25) is 0 Å². The van der Waals surface area contributed by atoms with E-state index in [2.05, 4.69) is 25.5 Å². The molecule has 0 atom stereocenters. The number of nitrogens with zero attached hydrogens (tertiary/aromatic N) is 4. The van der Waals surface area contributed by atoms with Crippen molar-refractivity contribution in [2.75, 3.05) is 5.32 Å². The van der Waals surface area contributed by atoms with Gasteiger partial charge < -0.3 is 0 Å². The first kappa shape index (κ1) is 17.7. The summed E-state index contributed by atoms with van der Waals surface area (Å²) in [5.41, 5.74) is 1.13. The fourth-order valence-corrected chi connectivity index (χ4v) is 7.78. The number of hydrogen-bond donors (Lipinski definition) is 1. The van der Waals surface area contributed by atoms with Gasteiger partial charge in [-0.3, -0.25) is 15.1 Å². The van der Waals surface area contributed by atoms with E-state index in [0.717, 1.165) is 33.3 Å². The number of thiazole rings is 1. The molecule has 1 N–H and O–H groups in total. The number of anilines is 1. The molecule has 29 heavy (non-hydrogen) atoms. The van der Waals surface area contributed by atoms with Gasteiger partial charge in [0, 0.05) is 23.4 Å². The molecule has 8 heteroatoms. The van der Waals surface area contributed by atoms with Crippen LogP contribution in [-0.2, 0) is 5.41 Å². The average Bonchev–Trinajstić information content (AvgIpc) is 3.38. The summed E-state index contributed by atoms with van der Waals surface area (Å²) in [5, 5.41) is 14.3. The molecule has 148 valence electrons. The first-order valence-electron chi connectivity index (χ1n) is 10.2. The van der Waals surface area contributed by atoms with Crippen LogP contribution in [0.25, 0.3) is 10.6 Å². The number of carbonyl (C=O) groups is 1. The van der Waals surface area contributed by atoms with Crippen molar-refractivity contribution in [2.45, 2.75) is 43.9 Å². The molecule has 1 amide bonds. The third kappa shape index (κ3) is 3.09. The van der Waals surface area contributed by atoms with E-state index in [4.69, 9.17) is 0 Å². The number of aromatic nitrogens is 4. The van der Waals surface area contributed by atoms with Crippen LogP contribution in [0.1, 0.15) is 53.2 Å². The fourth-order valence-electron chi connectivity index (χ4n) is 6.02. The van der Waals surface area contributed by atoms with Crippen molar-refractivity contribution in [3.05, 3.63) is 40.6 Å².